The molecule has 3 aromatic rings. The minimum atomic E-state index is -0.352. The van der Waals surface area contributed by atoms with Crippen LogP contribution in [0.25, 0.3) is 10.2 Å². The lowest BCUT2D eigenvalue weighted by Crippen LogP contribution is -2.37. The molecule has 3 nitrogen and oxygen atoms in total. The van der Waals surface area contributed by atoms with E-state index in [0.717, 1.165) is 23.3 Å². The molecule has 0 saturated carbocycles. The summed E-state index contributed by atoms with van der Waals surface area (Å²) in [5.74, 6) is 1.15. The summed E-state index contributed by atoms with van der Waals surface area (Å²) in [6.07, 6.45) is 4.08. The minimum absolute atomic E-state index is 0.250. The molecule has 4 rings (SSSR count). The van der Waals surface area contributed by atoms with E-state index in [1.807, 2.05) is 6.07 Å². The normalized spacial score (nSPS) is 16.5. The highest BCUT2D eigenvalue weighted by Crippen LogP contribution is 2.40. The molecule has 0 atom stereocenters. The highest BCUT2D eigenvalue weighted by atomic mass is 32.1. The quantitative estimate of drug-likeness (QED) is 0.579. The first-order valence-corrected chi connectivity index (χ1v) is 9.98. The number of likely N-dealkylation sites (tertiary alicyclic amines) is 1. The Morgan fingerprint density at radius 3 is 2.65 bits per heavy atom. The average Bonchev–Trinajstić information content (AvgIpc) is 3.09. The standard InChI is InChI=1S/C21H23FN2OS/c1-14(2)24-11-8-15(9-12-24)20-13-17-21(26-20)19(7-10-23-17)25-18-6-4-3-5-16(18)22/h3-7,10,13-15H,8-9,11-12H2,1-2H3. The van der Waals surface area contributed by atoms with Crippen LogP contribution in [-0.4, -0.2) is 29.0 Å². The number of fused-ring (bicyclic) bond motifs is 1. The van der Waals surface area contributed by atoms with Gasteiger partial charge in [-0.25, -0.2) is 4.39 Å². The summed E-state index contributed by atoms with van der Waals surface area (Å²) in [6, 6.07) is 11.1. The SMILES string of the molecule is CC(C)N1CCC(c2cc3nccc(Oc4ccccc4F)c3s2)CC1. The van der Waals surface area contributed by atoms with Gasteiger partial charge in [0, 0.05) is 23.2 Å². The third-order valence-electron chi connectivity index (χ3n) is 5.11. The summed E-state index contributed by atoms with van der Waals surface area (Å²) in [6.45, 7) is 6.80. The topological polar surface area (TPSA) is 25.4 Å². The maximum absolute atomic E-state index is 13.9. The molecular formula is C21H23FN2OS. The summed E-state index contributed by atoms with van der Waals surface area (Å²) >= 11 is 1.74. The van der Waals surface area contributed by atoms with Crippen molar-refractivity contribution in [2.24, 2.45) is 0 Å². The van der Waals surface area contributed by atoms with Crippen LogP contribution in [0.2, 0.25) is 0 Å². The first kappa shape index (κ1) is 17.4. The van der Waals surface area contributed by atoms with Crippen molar-refractivity contribution in [1.82, 2.24) is 9.88 Å². The second kappa shape index (κ2) is 7.33. The van der Waals surface area contributed by atoms with Gasteiger partial charge in [0.25, 0.3) is 0 Å². The van der Waals surface area contributed by atoms with E-state index in [4.69, 9.17) is 4.74 Å². The van der Waals surface area contributed by atoms with Gasteiger partial charge in [0.2, 0.25) is 0 Å². The number of nitrogens with zero attached hydrogens (tertiary/aromatic N) is 2. The number of para-hydroxylation sites is 1. The summed E-state index contributed by atoms with van der Waals surface area (Å²) in [5, 5.41) is 0. The van der Waals surface area contributed by atoms with E-state index in [-0.39, 0.29) is 11.6 Å². The molecule has 1 saturated heterocycles. The summed E-state index contributed by atoms with van der Waals surface area (Å²) in [7, 11) is 0. The molecule has 2 aromatic heterocycles. The van der Waals surface area contributed by atoms with Crippen molar-refractivity contribution in [3.8, 4) is 11.5 Å². The third-order valence-corrected chi connectivity index (χ3v) is 6.41. The Bertz CT molecular complexity index is 900. The average molecular weight is 370 g/mol. The Hall–Kier alpha value is -1.98. The molecule has 0 bridgehead atoms. The monoisotopic (exact) mass is 370 g/mol. The van der Waals surface area contributed by atoms with Gasteiger partial charge in [-0.05, 0) is 63.9 Å². The summed E-state index contributed by atoms with van der Waals surface area (Å²) in [4.78, 5) is 8.39. The lowest BCUT2D eigenvalue weighted by Gasteiger charge is -2.34. The van der Waals surface area contributed by atoms with Gasteiger partial charge in [-0.15, -0.1) is 11.3 Å². The van der Waals surface area contributed by atoms with Crippen LogP contribution in [0.1, 0.15) is 37.5 Å². The maximum atomic E-state index is 13.9. The molecule has 0 radical (unpaired) electrons. The Labute approximate surface area is 157 Å². The van der Waals surface area contributed by atoms with Gasteiger partial charge in [0.1, 0.15) is 5.75 Å². The van der Waals surface area contributed by atoms with Gasteiger partial charge < -0.3 is 9.64 Å². The number of hydrogen-bond donors (Lipinski definition) is 0. The zero-order chi connectivity index (χ0) is 18.1. The fraction of sp³-hybridized carbons (Fsp3) is 0.381. The van der Waals surface area contributed by atoms with Crippen LogP contribution < -0.4 is 4.74 Å². The van der Waals surface area contributed by atoms with Gasteiger partial charge in [0.15, 0.2) is 11.6 Å². The van der Waals surface area contributed by atoms with Crippen molar-refractivity contribution in [2.75, 3.05) is 13.1 Å². The van der Waals surface area contributed by atoms with E-state index in [1.165, 1.54) is 23.8 Å². The fourth-order valence-electron chi connectivity index (χ4n) is 3.56. The van der Waals surface area contributed by atoms with Crippen LogP contribution in [-0.2, 0) is 0 Å². The summed E-state index contributed by atoms with van der Waals surface area (Å²) < 4.78 is 20.8. The van der Waals surface area contributed by atoms with E-state index >= 15 is 0 Å². The molecule has 3 heterocycles. The lowest BCUT2D eigenvalue weighted by molar-refractivity contribution is 0.173. The largest absolute Gasteiger partial charge is 0.453 e. The summed E-state index contributed by atoms with van der Waals surface area (Å²) in [5.41, 5.74) is 0.935. The molecule has 26 heavy (non-hydrogen) atoms. The van der Waals surface area contributed by atoms with Gasteiger partial charge in [-0.3, -0.25) is 4.98 Å². The number of benzene rings is 1. The number of thiophene rings is 1. The molecule has 0 aliphatic carbocycles. The van der Waals surface area contributed by atoms with Crippen molar-refractivity contribution in [1.29, 1.82) is 0 Å². The molecular weight excluding hydrogens is 347 g/mol. The van der Waals surface area contributed by atoms with Crippen molar-refractivity contribution in [2.45, 2.75) is 38.6 Å². The van der Waals surface area contributed by atoms with E-state index in [1.54, 1.807) is 35.7 Å². The highest BCUT2D eigenvalue weighted by Gasteiger charge is 2.24. The number of halogens is 1. The maximum Gasteiger partial charge on any atom is 0.165 e. The first-order chi connectivity index (χ1) is 12.6. The van der Waals surface area contributed by atoms with Crippen LogP contribution >= 0.6 is 11.3 Å². The number of hydrogen-bond acceptors (Lipinski definition) is 4. The number of rotatable bonds is 4. The first-order valence-electron chi connectivity index (χ1n) is 9.16. The van der Waals surface area contributed by atoms with Crippen LogP contribution in [0.3, 0.4) is 0 Å². The van der Waals surface area contributed by atoms with E-state index < -0.39 is 0 Å². The Kier molecular flexibility index (Phi) is 4.92. The van der Waals surface area contributed by atoms with Crippen molar-refractivity contribution >= 4 is 21.6 Å². The Morgan fingerprint density at radius 1 is 1.15 bits per heavy atom. The van der Waals surface area contributed by atoms with Crippen molar-refractivity contribution in [3.63, 3.8) is 0 Å². The molecule has 5 heteroatoms. The molecule has 0 unspecified atom stereocenters. The molecule has 0 N–H and O–H groups in total. The number of aromatic nitrogens is 1. The second-order valence-electron chi connectivity index (χ2n) is 7.11. The molecule has 0 spiro atoms. The molecule has 0 amide bonds. The smallest absolute Gasteiger partial charge is 0.165 e. The van der Waals surface area contributed by atoms with Gasteiger partial charge in [-0.1, -0.05) is 12.1 Å². The molecule has 1 aromatic carbocycles. The van der Waals surface area contributed by atoms with Crippen LogP contribution in [0.5, 0.6) is 11.5 Å². The predicted octanol–water partition coefficient (Wildman–Crippen LogP) is 5.82. The second-order valence-corrected chi connectivity index (χ2v) is 8.19. The fourth-order valence-corrected chi connectivity index (χ4v) is 4.80. The minimum Gasteiger partial charge on any atom is -0.453 e. The van der Waals surface area contributed by atoms with E-state index in [9.17, 15) is 4.39 Å². The van der Waals surface area contributed by atoms with Gasteiger partial charge >= 0.3 is 0 Å². The third kappa shape index (κ3) is 3.46. The number of piperidine rings is 1. The molecule has 1 aliphatic heterocycles. The zero-order valence-corrected chi connectivity index (χ0v) is 15.9. The Balaban J connectivity index is 1.59. The van der Waals surface area contributed by atoms with E-state index in [0.29, 0.717) is 17.7 Å². The van der Waals surface area contributed by atoms with E-state index in [2.05, 4.69) is 29.8 Å². The predicted molar refractivity (Wildman–Crippen MR) is 105 cm³/mol. The number of ether oxygens (including phenoxy) is 1. The van der Waals surface area contributed by atoms with Crippen molar-refractivity contribution < 1.29 is 9.13 Å². The number of pyridine rings is 1. The van der Waals surface area contributed by atoms with Crippen LogP contribution in [0, 0.1) is 5.82 Å². The van der Waals surface area contributed by atoms with Crippen LogP contribution in [0.4, 0.5) is 4.39 Å². The Morgan fingerprint density at radius 2 is 1.92 bits per heavy atom. The van der Waals surface area contributed by atoms with Gasteiger partial charge in [-0.2, -0.15) is 0 Å². The lowest BCUT2D eigenvalue weighted by atomic mass is 9.94. The van der Waals surface area contributed by atoms with Crippen LogP contribution in [0.15, 0.2) is 42.6 Å². The zero-order valence-electron chi connectivity index (χ0n) is 15.1. The highest BCUT2D eigenvalue weighted by molar-refractivity contribution is 7.19. The molecule has 136 valence electrons. The van der Waals surface area contributed by atoms with Gasteiger partial charge in [0.05, 0.1) is 10.2 Å². The molecule has 1 fully saturated rings. The molecule has 1 aliphatic rings. The van der Waals surface area contributed by atoms with Crippen molar-refractivity contribution in [3.05, 3.63) is 53.3 Å².